The third-order valence-electron chi connectivity index (χ3n) is 6.09. The molecule has 10 heteroatoms. The molecule has 1 aliphatic rings. The van der Waals surface area contributed by atoms with Gasteiger partial charge in [-0.25, -0.2) is 13.9 Å². The number of carbonyl (C=O) groups excluding carboxylic acids is 1. The Balaban J connectivity index is 1.99. The maximum absolute atomic E-state index is 13.9. The van der Waals surface area contributed by atoms with E-state index < -0.39 is 22.0 Å². The van der Waals surface area contributed by atoms with Crippen LogP contribution >= 0.6 is 0 Å². The monoisotopic (exact) mass is 491 g/mol. The van der Waals surface area contributed by atoms with E-state index in [1.54, 1.807) is 42.1 Å². The number of nitrogens with zero attached hydrogens (tertiary/aromatic N) is 2. The van der Waals surface area contributed by atoms with Crippen molar-refractivity contribution in [2.24, 2.45) is 5.92 Å². The topological polar surface area (TPSA) is 118 Å². The molecule has 0 spiro atoms. The van der Waals surface area contributed by atoms with Crippen LogP contribution in [0, 0.1) is 5.92 Å². The number of pyridine rings is 1. The lowest BCUT2D eigenvalue weighted by Crippen LogP contribution is -2.53. The van der Waals surface area contributed by atoms with E-state index in [9.17, 15) is 18.4 Å². The molecule has 0 unspecified atom stereocenters. The minimum Gasteiger partial charge on any atom is -0.494 e. The number of benzene rings is 1. The van der Waals surface area contributed by atoms with Crippen LogP contribution in [0.25, 0.3) is 0 Å². The number of hydroxylamine groups is 1. The molecule has 0 aliphatic heterocycles. The highest BCUT2D eigenvalue weighted by molar-refractivity contribution is 7.89. The van der Waals surface area contributed by atoms with E-state index in [2.05, 4.69) is 4.98 Å². The third kappa shape index (κ3) is 6.32. The Labute approximate surface area is 201 Å². The van der Waals surface area contributed by atoms with Crippen LogP contribution in [-0.4, -0.2) is 54.2 Å². The molecule has 1 aliphatic carbocycles. The van der Waals surface area contributed by atoms with Crippen LogP contribution in [0.4, 0.5) is 0 Å². The highest BCUT2D eigenvalue weighted by Gasteiger charge is 2.42. The molecule has 0 radical (unpaired) electrons. The number of carbonyl (C=O) groups is 1. The van der Waals surface area contributed by atoms with Crippen LogP contribution in [0.15, 0.2) is 53.7 Å². The first-order valence-corrected chi connectivity index (χ1v) is 13.0. The number of hydrogen-bond acceptors (Lipinski definition) is 7. The fourth-order valence-corrected chi connectivity index (χ4v) is 6.10. The van der Waals surface area contributed by atoms with Gasteiger partial charge in [-0.2, -0.15) is 4.31 Å². The van der Waals surface area contributed by atoms with Gasteiger partial charge < -0.3 is 9.47 Å². The zero-order valence-corrected chi connectivity index (χ0v) is 20.4. The predicted octanol–water partition coefficient (Wildman–Crippen LogP) is 3.14. The molecule has 9 nitrogen and oxygen atoms in total. The third-order valence-corrected chi connectivity index (χ3v) is 7.93. The SMILES string of the molecule is CCOc1ccc(S(=O)(=O)N(Cc2ccncc2)[C@@H](C(=O)NO)C2CCC(OCC)CC2)cc1. The first-order valence-electron chi connectivity index (χ1n) is 11.6. The molecule has 2 N–H and O–H groups in total. The van der Waals surface area contributed by atoms with Crippen molar-refractivity contribution in [3.63, 3.8) is 0 Å². The number of rotatable bonds is 11. The Morgan fingerprint density at radius 2 is 1.74 bits per heavy atom. The molecule has 2 aromatic rings. The Morgan fingerprint density at radius 3 is 2.29 bits per heavy atom. The van der Waals surface area contributed by atoms with Crippen molar-refractivity contribution in [2.75, 3.05) is 13.2 Å². The van der Waals surface area contributed by atoms with Gasteiger partial charge >= 0.3 is 0 Å². The van der Waals surface area contributed by atoms with Crippen molar-refractivity contribution in [3.05, 3.63) is 54.4 Å². The number of amides is 1. The summed E-state index contributed by atoms with van der Waals surface area (Å²) in [6.45, 7) is 4.81. The van der Waals surface area contributed by atoms with Crippen LogP contribution in [0.5, 0.6) is 5.75 Å². The summed E-state index contributed by atoms with van der Waals surface area (Å²) in [5, 5.41) is 9.55. The summed E-state index contributed by atoms with van der Waals surface area (Å²) < 4.78 is 40.1. The van der Waals surface area contributed by atoms with Gasteiger partial charge in [0.2, 0.25) is 10.0 Å². The minimum atomic E-state index is -4.10. The Morgan fingerprint density at radius 1 is 1.09 bits per heavy atom. The summed E-state index contributed by atoms with van der Waals surface area (Å²) >= 11 is 0. The number of nitrogens with one attached hydrogen (secondary N) is 1. The second-order valence-corrected chi connectivity index (χ2v) is 10.1. The van der Waals surface area contributed by atoms with E-state index in [0.717, 1.165) is 12.8 Å². The van der Waals surface area contributed by atoms with Gasteiger partial charge in [-0.05, 0) is 87.4 Å². The summed E-state index contributed by atoms with van der Waals surface area (Å²) in [6, 6.07) is 8.46. The molecule has 1 atom stereocenters. The Hall–Kier alpha value is -2.53. The zero-order chi connectivity index (χ0) is 24.6. The van der Waals surface area contributed by atoms with E-state index in [1.165, 1.54) is 16.4 Å². The average molecular weight is 492 g/mol. The van der Waals surface area contributed by atoms with Crippen molar-refractivity contribution < 1.29 is 27.9 Å². The van der Waals surface area contributed by atoms with E-state index in [4.69, 9.17) is 9.47 Å². The van der Waals surface area contributed by atoms with Crippen LogP contribution in [0.1, 0.15) is 45.1 Å². The van der Waals surface area contributed by atoms with E-state index in [0.29, 0.717) is 37.4 Å². The van der Waals surface area contributed by atoms with Crippen LogP contribution < -0.4 is 10.2 Å². The molecule has 34 heavy (non-hydrogen) atoms. The molecule has 3 rings (SSSR count). The van der Waals surface area contributed by atoms with Gasteiger partial charge in [-0.1, -0.05) is 0 Å². The lowest BCUT2D eigenvalue weighted by molar-refractivity contribution is -0.136. The van der Waals surface area contributed by atoms with Crippen LogP contribution in [0.2, 0.25) is 0 Å². The quantitative estimate of drug-likeness (QED) is 0.366. The largest absolute Gasteiger partial charge is 0.494 e. The van der Waals surface area contributed by atoms with Gasteiger partial charge in [0.15, 0.2) is 0 Å². The average Bonchev–Trinajstić information content (AvgIpc) is 2.86. The summed E-state index contributed by atoms with van der Waals surface area (Å²) in [7, 11) is -4.10. The Kier molecular flexibility index (Phi) is 9.40. The van der Waals surface area contributed by atoms with Gasteiger partial charge in [0.05, 0.1) is 17.6 Å². The molecule has 1 amide bonds. The first kappa shape index (κ1) is 26.1. The minimum absolute atomic E-state index is 0.0401. The van der Waals surface area contributed by atoms with Crippen LogP contribution in [-0.2, 0) is 26.1 Å². The summed E-state index contributed by atoms with van der Waals surface area (Å²) in [5.41, 5.74) is 2.39. The lowest BCUT2D eigenvalue weighted by atomic mass is 9.82. The molecule has 1 aromatic carbocycles. The van der Waals surface area contributed by atoms with E-state index in [1.807, 2.05) is 13.8 Å². The molecule has 0 bridgehead atoms. The van der Waals surface area contributed by atoms with Gasteiger partial charge in [-0.15, -0.1) is 0 Å². The molecule has 1 heterocycles. The van der Waals surface area contributed by atoms with Crippen molar-refractivity contribution in [2.45, 2.75) is 63.1 Å². The second kappa shape index (κ2) is 12.3. The molecule has 1 fully saturated rings. The summed E-state index contributed by atoms with van der Waals surface area (Å²) in [4.78, 5) is 17.0. The summed E-state index contributed by atoms with van der Waals surface area (Å²) in [5.74, 6) is -0.465. The molecular formula is C24H33N3O6S. The second-order valence-electron chi connectivity index (χ2n) is 8.22. The zero-order valence-electron chi connectivity index (χ0n) is 19.6. The van der Waals surface area contributed by atoms with Crippen molar-refractivity contribution in [3.8, 4) is 5.75 Å². The van der Waals surface area contributed by atoms with E-state index >= 15 is 0 Å². The van der Waals surface area contributed by atoms with Crippen LogP contribution in [0.3, 0.4) is 0 Å². The maximum Gasteiger partial charge on any atom is 0.262 e. The van der Waals surface area contributed by atoms with Crippen molar-refractivity contribution in [1.29, 1.82) is 0 Å². The normalized spacial score (nSPS) is 19.5. The maximum atomic E-state index is 13.9. The fourth-order valence-electron chi connectivity index (χ4n) is 4.46. The van der Waals surface area contributed by atoms with Crippen molar-refractivity contribution in [1.82, 2.24) is 14.8 Å². The Bertz CT molecular complexity index is 1010. The number of aromatic nitrogens is 1. The van der Waals surface area contributed by atoms with Gasteiger partial charge in [0.1, 0.15) is 11.8 Å². The number of ether oxygens (including phenoxy) is 2. The summed E-state index contributed by atoms with van der Waals surface area (Å²) in [6.07, 6.45) is 5.90. The lowest BCUT2D eigenvalue weighted by Gasteiger charge is -2.38. The fraction of sp³-hybridized carbons (Fsp3) is 0.500. The standard InChI is InChI=1S/C24H33N3O6S/c1-3-32-20-7-5-19(6-8-20)23(24(28)26-29)27(17-18-13-15-25-16-14-18)34(30,31)22-11-9-21(10-12-22)33-4-2/h9-16,19-20,23,29H,3-8,17H2,1-2H3,(H,26,28)/t19?,20?,23-/m1/s1. The smallest absolute Gasteiger partial charge is 0.262 e. The number of sulfonamides is 1. The van der Waals surface area contributed by atoms with Gasteiger partial charge in [-0.3, -0.25) is 15.0 Å². The predicted molar refractivity (Wildman–Crippen MR) is 126 cm³/mol. The highest BCUT2D eigenvalue weighted by Crippen LogP contribution is 2.34. The molecule has 1 aromatic heterocycles. The molecule has 186 valence electrons. The van der Waals surface area contributed by atoms with Gasteiger partial charge in [0, 0.05) is 25.5 Å². The van der Waals surface area contributed by atoms with Gasteiger partial charge in [0.25, 0.3) is 5.91 Å². The number of hydrogen-bond donors (Lipinski definition) is 2. The molecule has 0 saturated heterocycles. The first-order chi connectivity index (χ1) is 16.4. The highest BCUT2D eigenvalue weighted by atomic mass is 32.2. The van der Waals surface area contributed by atoms with E-state index in [-0.39, 0.29) is 23.5 Å². The molecular weight excluding hydrogens is 458 g/mol. The van der Waals surface area contributed by atoms with Crippen molar-refractivity contribution >= 4 is 15.9 Å². The molecule has 1 saturated carbocycles.